The van der Waals surface area contributed by atoms with Crippen LogP contribution in [-0.4, -0.2) is 64.5 Å². The van der Waals surface area contributed by atoms with Gasteiger partial charge in [0.25, 0.3) is 0 Å². The Morgan fingerprint density at radius 2 is 1.46 bits per heavy atom. The summed E-state index contributed by atoms with van der Waals surface area (Å²) in [5, 5.41) is 29.4. The third kappa shape index (κ3) is 5.56. The molecule has 2 aliphatic heterocycles. The lowest BCUT2D eigenvalue weighted by molar-refractivity contribution is 0.119. The molecular formula is C42H58N6O2. The highest BCUT2D eigenvalue weighted by Gasteiger charge is 2.51. The van der Waals surface area contributed by atoms with E-state index in [1.807, 2.05) is 12.1 Å². The Labute approximate surface area is 298 Å². The Hall–Kier alpha value is -3.36. The molecule has 0 unspecified atom stereocenters. The predicted octanol–water partition coefficient (Wildman–Crippen LogP) is 8.64. The highest BCUT2D eigenvalue weighted by Crippen LogP contribution is 2.55. The van der Waals surface area contributed by atoms with E-state index in [0.29, 0.717) is 59.1 Å². The number of fused-ring (bicyclic) bond motifs is 5. The molecule has 4 atom stereocenters. The van der Waals surface area contributed by atoms with Gasteiger partial charge in [-0.2, -0.15) is 5.10 Å². The highest BCUT2D eigenvalue weighted by molar-refractivity contribution is 5.88. The first kappa shape index (κ1) is 33.8. The third-order valence-electron chi connectivity index (χ3n) is 13.0. The fourth-order valence-electron chi connectivity index (χ4n) is 11.8. The lowest BCUT2D eigenvalue weighted by Gasteiger charge is -2.40. The number of phenols is 2. The van der Waals surface area contributed by atoms with Crippen molar-refractivity contribution in [1.29, 1.82) is 0 Å². The number of hydrogen-bond acceptors (Lipinski definition) is 6. The zero-order chi connectivity index (χ0) is 35.5. The van der Waals surface area contributed by atoms with Gasteiger partial charge < -0.3 is 14.8 Å². The van der Waals surface area contributed by atoms with E-state index in [1.54, 1.807) is 0 Å². The van der Waals surface area contributed by atoms with Crippen LogP contribution < -0.4 is 0 Å². The van der Waals surface area contributed by atoms with Crippen LogP contribution in [0.1, 0.15) is 104 Å². The first-order chi connectivity index (χ1) is 23.5. The van der Waals surface area contributed by atoms with Gasteiger partial charge in [-0.25, -0.2) is 4.98 Å². The molecule has 8 heteroatoms. The van der Waals surface area contributed by atoms with Crippen molar-refractivity contribution in [3.05, 3.63) is 47.2 Å². The van der Waals surface area contributed by atoms with Gasteiger partial charge in [0, 0.05) is 50.0 Å². The Balaban J connectivity index is 1.25. The van der Waals surface area contributed by atoms with Crippen LogP contribution in [0.2, 0.25) is 0 Å². The van der Waals surface area contributed by atoms with Crippen LogP contribution in [0.5, 0.6) is 11.5 Å². The number of benzene rings is 2. The Bertz CT molecular complexity index is 1990. The number of aromatic nitrogens is 4. The van der Waals surface area contributed by atoms with E-state index in [2.05, 4.69) is 99.7 Å². The summed E-state index contributed by atoms with van der Waals surface area (Å²) in [6, 6.07) is 11.2. The number of aryl methyl sites for hydroxylation is 2. The molecule has 2 saturated carbocycles. The van der Waals surface area contributed by atoms with E-state index < -0.39 is 0 Å². The molecule has 4 aromatic rings. The van der Waals surface area contributed by atoms with Crippen molar-refractivity contribution in [2.24, 2.45) is 28.7 Å². The van der Waals surface area contributed by atoms with Crippen LogP contribution >= 0.6 is 0 Å². The molecule has 50 heavy (non-hydrogen) atoms. The summed E-state index contributed by atoms with van der Waals surface area (Å²) >= 11 is 0. The van der Waals surface area contributed by atoms with Crippen LogP contribution in [0.3, 0.4) is 0 Å². The van der Waals surface area contributed by atoms with Crippen molar-refractivity contribution in [1.82, 2.24) is 29.1 Å². The van der Waals surface area contributed by atoms with E-state index in [0.717, 1.165) is 58.9 Å². The smallest absolute Gasteiger partial charge is 0.144 e. The minimum absolute atomic E-state index is 0.140. The number of phenolic OH excluding ortho intramolecular Hbond substituents is 2. The van der Waals surface area contributed by atoms with E-state index in [4.69, 9.17) is 10.1 Å². The lowest BCUT2D eigenvalue weighted by atomic mass is 9.65. The van der Waals surface area contributed by atoms with Gasteiger partial charge in [0.2, 0.25) is 0 Å². The molecule has 4 aliphatic rings. The van der Waals surface area contributed by atoms with Gasteiger partial charge in [-0.3, -0.25) is 14.5 Å². The molecule has 2 N–H and O–H groups in total. The van der Waals surface area contributed by atoms with E-state index in [1.165, 1.54) is 32.1 Å². The van der Waals surface area contributed by atoms with E-state index >= 15 is 0 Å². The van der Waals surface area contributed by atoms with Crippen LogP contribution in [0.4, 0.5) is 0 Å². The molecule has 8 rings (SSSR count). The zero-order valence-corrected chi connectivity index (χ0v) is 31.9. The van der Waals surface area contributed by atoms with Crippen LogP contribution in [0.15, 0.2) is 30.3 Å². The fraction of sp³-hybridized carbons (Fsp3) is 0.619. The monoisotopic (exact) mass is 678 g/mol. The second kappa shape index (κ2) is 11.3. The summed E-state index contributed by atoms with van der Waals surface area (Å²) in [5.41, 5.74) is 8.06. The van der Waals surface area contributed by atoms with Crippen molar-refractivity contribution in [2.45, 2.75) is 126 Å². The van der Waals surface area contributed by atoms with Crippen molar-refractivity contribution in [3.63, 3.8) is 0 Å². The average molecular weight is 679 g/mol. The maximum absolute atomic E-state index is 12.3. The van der Waals surface area contributed by atoms with Crippen LogP contribution in [-0.2, 0) is 26.7 Å². The average Bonchev–Trinajstić information content (AvgIpc) is 3.67. The van der Waals surface area contributed by atoms with Gasteiger partial charge in [0.05, 0.1) is 28.8 Å². The Morgan fingerprint density at radius 1 is 0.840 bits per heavy atom. The number of aromatic hydroxyl groups is 2. The number of hydrogen-bond donors (Lipinski definition) is 2. The van der Waals surface area contributed by atoms with Crippen molar-refractivity contribution < 1.29 is 10.2 Å². The molecule has 0 radical (unpaired) electrons. The molecule has 0 spiro atoms. The molecule has 4 fully saturated rings. The highest BCUT2D eigenvalue weighted by atomic mass is 16.3. The molecule has 268 valence electrons. The number of likely N-dealkylation sites (tertiary alicyclic amines) is 2. The van der Waals surface area contributed by atoms with Crippen molar-refractivity contribution in [3.8, 4) is 34.1 Å². The second-order valence-electron chi connectivity index (χ2n) is 19.1. The van der Waals surface area contributed by atoms with Gasteiger partial charge in [0.1, 0.15) is 23.0 Å². The van der Waals surface area contributed by atoms with Crippen LogP contribution in [0, 0.1) is 28.6 Å². The molecule has 8 nitrogen and oxygen atoms in total. The molecule has 2 saturated heterocycles. The Kier molecular flexibility index (Phi) is 7.64. The topological polar surface area (TPSA) is 82.6 Å². The second-order valence-corrected chi connectivity index (χ2v) is 19.1. The summed E-state index contributed by atoms with van der Waals surface area (Å²) in [6.45, 7) is 22.0. The van der Waals surface area contributed by atoms with Gasteiger partial charge in [-0.15, -0.1) is 0 Å². The summed E-state index contributed by atoms with van der Waals surface area (Å²) < 4.78 is 4.32. The third-order valence-corrected chi connectivity index (χ3v) is 13.0. The van der Waals surface area contributed by atoms with Gasteiger partial charge in [0.15, 0.2) is 0 Å². The first-order valence-corrected chi connectivity index (χ1v) is 19.0. The number of rotatable bonds is 7. The van der Waals surface area contributed by atoms with E-state index in [9.17, 15) is 10.2 Å². The molecule has 4 bridgehead atoms. The normalized spacial score (nSPS) is 29.0. The molecule has 0 amide bonds. The SMILES string of the molecule is CCc1cc(-c2nn(CN3C[C@]4(C)C[C@@H]3CC(C)(C)C4)c(C)c2-c2nc3ccccc3n2C)c(O)c(CN2C[C@@]3(C)C[C@@H]2CC(C)(C)C3)c1O. The molecule has 4 heterocycles. The molecule has 2 aliphatic carbocycles. The maximum Gasteiger partial charge on any atom is 0.144 e. The predicted molar refractivity (Wildman–Crippen MR) is 201 cm³/mol. The zero-order valence-electron chi connectivity index (χ0n) is 31.9. The van der Waals surface area contributed by atoms with Crippen LogP contribution in [0.25, 0.3) is 33.7 Å². The minimum atomic E-state index is 0.140. The summed E-state index contributed by atoms with van der Waals surface area (Å²) in [6.07, 6.45) is 7.86. The largest absolute Gasteiger partial charge is 0.507 e. The van der Waals surface area contributed by atoms with Gasteiger partial charge in [-0.05, 0) is 97.3 Å². The standard InChI is InChI=1S/C42H58N6O2/c1-10-27-15-30(37(50)31(36(27)49)20-46-23-41(7)18-28(46)16-39(3,4)21-41)35-34(38-43-32-13-11-12-14-33(32)45(38)9)26(2)48(44-35)25-47-24-42(8)19-29(47)17-40(5,6)22-42/h11-15,28-29,49-50H,10,16-25H2,1-9H3/t28-,29-,41-,42+/m0/s1. The van der Waals surface area contributed by atoms with Gasteiger partial charge in [-0.1, -0.05) is 60.6 Å². The maximum atomic E-state index is 12.3. The number of para-hydroxylation sites is 2. The van der Waals surface area contributed by atoms with Crippen molar-refractivity contribution >= 4 is 11.0 Å². The molecule has 2 aromatic heterocycles. The number of nitrogens with zero attached hydrogens (tertiary/aromatic N) is 6. The lowest BCUT2D eigenvalue weighted by Crippen LogP contribution is -2.35. The number of imidazole rings is 1. The van der Waals surface area contributed by atoms with Crippen molar-refractivity contribution in [2.75, 3.05) is 13.1 Å². The summed E-state index contributed by atoms with van der Waals surface area (Å²) in [7, 11) is 2.07. The quantitative estimate of drug-likeness (QED) is 0.204. The van der Waals surface area contributed by atoms with Gasteiger partial charge >= 0.3 is 0 Å². The molecule has 2 aromatic carbocycles. The summed E-state index contributed by atoms with van der Waals surface area (Å²) in [4.78, 5) is 10.3. The Morgan fingerprint density at radius 3 is 2.10 bits per heavy atom. The first-order valence-electron chi connectivity index (χ1n) is 19.0. The molecular weight excluding hydrogens is 621 g/mol. The summed E-state index contributed by atoms with van der Waals surface area (Å²) in [5.74, 6) is 1.20. The minimum Gasteiger partial charge on any atom is -0.507 e. The van der Waals surface area contributed by atoms with E-state index in [-0.39, 0.29) is 16.9 Å². The fourth-order valence-corrected chi connectivity index (χ4v) is 11.8.